The molecule has 2 fully saturated rings. The highest BCUT2D eigenvalue weighted by Crippen LogP contribution is 2.30. The molecule has 1 aromatic carbocycles. The van der Waals surface area contributed by atoms with Crippen LogP contribution in [0.4, 0.5) is 5.82 Å². The van der Waals surface area contributed by atoms with E-state index in [9.17, 15) is 13.2 Å². The summed E-state index contributed by atoms with van der Waals surface area (Å²) in [5, 5.41) is 0. The van der Waals surface area contributed by atoms with Crippen LogP contribution in [0.1, 0.15) is 45.5 Å². The number of anilines is 1. The van der Waals surface area contributed by atoms with Crippen molar-refractivity contribution in [2.24, 2.45) is 0 Å². The summed E-state index contributed by atoms with van der Waals surface area (Å²) in [6.45, 7) is 10.8. The fraction of sp³-hybridized carbons (Fsp3) is 0.500. The van der Waals surface area contributed by atoms with E-state index in [1.165, 1.54) is 4.31 Å². The van der Waals surface area contributed by atoms with Crippen molar-refractivity contribution in [1.29, 1.82) is 0 Å². The molecule has 0 aliphatic carbocycles. The summed E-state index contributed by atoms with van der Waals surface area (Å²) in [6.07, 6.45) is 3.94. The molecule has 2 aromatic rings. The van der Waals surface area contributed by atoms with Crippen LogP contribution in [0.15, 0.2) is 29.3 Å². The number of carbonyl (C=O) groups is 1. The average molecular weight is 457 g/mol. The number of piperazine rings is 1. The Bertz CT molecular complexity index is 1110. The van der Waals surface area contributed by atoms with E-state index in [4.69, 9.17) is 0 Å². The molecule has 0 radical (unpaired) electrons. The first-order chi connectivity index (χ1) is 15.2. The molecule has 8 heteroatoms. The van der Waals surface area contributed by atoms with Crippen LogP contribution < -0.4 is 4.90 Å². The molecule has 2 saturated heterocycles. The Kier molecular flexibility index (Phi) is 6.27. The predicted molar refractivity (Wildman–Crippen MR) is 126 cm³/mol. The number of nitrogens with zero attached hydrogens (tertiary/aromatic N) is 4. The van der Waals surface area contributed by atoms with Gasteiger partial charge in [0.25, 0.3) is 5.91 Å². The summed E-state index contributed by atoms with van der Waals surface area (Å²) in [6, 6.07) is 5.65. The molecule has 0 N–H and O–H groups in total. The fourth-order valence-electron chi connectivity index (χ4n) is 4.74. The second kappa shape index (κ2) is 8.83. The van der Waals surface area contributed by atoms with E-state index in [0.717, 1.165) is 54.0 Å². The van der Waals surface area contributed by atoms with Gasteiger partial charge in [0.1, 0.15) is 5.82 Å². The quantitative estimate of drug-likeness (QED) is 0.707. The van der Waals surface area contributed by atoms with Gasteiger partial charge in [0.2, 0.25) is 10.0 Å². The minimum Gasteiger partial charge on any atom is -0.356 e. The van der Waals surface area contributed by atoms with Crippen LogP contribution in [-0.2, 0) is 10.0 Å². The van der Waals surface area contributed by atoms with Crippen LogP contribution in [-0.4, -0.2) is 67.8 Å². The van der Waals surface area contributed by atoms with E-state index in [2.05, 4.69) is 9.88 Å². The molecule has 4 rings (SSSR count). The molecular formula is C24H32N4O3S. The zero-order valence-corrected chi connectivity index (χ0v) is 20.2. The Morgan fingerprint density at radius 1 is 0.906 bits per heavy atom. The highest BCUT2D eigenvalue weighted by Gasteiger charge is 2.34. The number of hydrogen-bond donors (Lipinski definition) is 0. The molecule has 172 valence electrons. The van der Waals surface area contributed by atoms with Gasteiger partial charge >= 0.3 is 0 Å². The van der Waals surface area contributed by atoms with Crippen molar-refractivity contribution in [1.82, 2.24) is 14.2 Å². The molecule has 2 aliphatic heterocycles. The first-order valence-corrected chi connectivity index (χ1v) is 12.7. The zero-order valence-electron chi connectivity index (χ0n) is 19.4. The molecule has 1 aromatic heterocycles. The summed E-state index contributed by atoms with van der Waals surface area (Å²) in [7, 11) is -3.63. The molecule has 1 amide bonds. The van der Waals surface area contributed by atoms with E-state index < -0.39 is 10.0 Å². The summed E-state index contributed by atoms with van der Waals surface area (Å²) in [5.41, 5.74) is 4.17. The number of hydrogen-bond acceptors (Lipinski definition) is 5. The molecular weight excluding hydrogens is 424 g/mol. The molecule has 3 heterocycles. The third-order valence-electron chi connectivity index (χ3n) is 6.84. The summed E-state index contributed by atoms with van der Waals surface area (Å²) >= 11 is 0. The zero-order chi connectivity index (χ0) is 23.0. The Labute approximate surface area is 191 Å². The number of aryl methyl sites for hydroxylation is 2. The maximum Gasteiger partial charge on any atom is 0.257 e. The molecule has 7 nitrogen and oxygen atoms in total. The van der Waals surface area contributed by atoms with Gasteiger partial charge in [-0.05, 0) is 74.9 Å². The topological polar surface area (TPSA) is 73.8 Å². The Hall–Kier alpha value is -2.45. The average Bonchev–Trinajstić information content (AvgIpc) is 3.32. The summed E-state index contributed by atoms with van der Waals surface area (Å²) in [5.74, 6) is 0.669. The minimum atomic E-state index is -3.63. The number of benzene rings is 1. The van der Waals surface area contributed by atoms with Crippen LogP contribution in [0.25, 0.3) is 0 Å². The summed E-state index contributed by atoms with van der Waals surface area (Å²) < 4.78 is 28.6. The van der Waals surface area contributed by atoms with Crippen LogP contribution in [0.2, 0.25) is 0 Å². The van der Waals surface area contributed by atoms with Crippen LogP contribution in [0, 0.1) is 27.7 Å². The van der Waals surface area contributed by atoms with Crippen molar-refractivity contribution in [3.8, 4) is 0 Å². The number of aromatic nitrogens is 1. The first-order valence-electron chi connectivity index (χ1n) is 11.3. The van der Waals surface area contributed by atoms with Crippen LogP contribution in [0.5, 0.6) is 0 Å². The Balaban J connectivity index is 1.53. The second-order valence-corrected chi connectivity index (χ2v) is 10.7. The largest absolute Gasteiger partial charge is 0.356 e. The SMILES string of the molecule is Cc1cc(C)c(C)c(S(=O)(=O)N2CCN(C(=O)c3cccnc3N3CCCC3)CC2)c1C. The third-order valence-corrected chi connectivity index (χ3v) is 9.02. The normalized spacial score (nSPS) is 17.8. The Morgan fingerprint density at radius 3 is 2.09 bits per heavy atom. The van der Waals surface area contributed by atoms with Crippen molar-refractivity contribution in [2.45, 2.75) is 45.4 Å². The lowest BCUT2D eigenvalue weighted by Crippen LogP contribution is -2.50. The fourth-order valence-corrected chi connectivity index (χ4v) is 6.74. The van der Waals surface area contributed by atoms with Gasteiger partial charge < -0.3 is 9.80 Å². The summed E-state index contributed by atoms with van der Waals surface area (Å²) in [4.78, 5) is 22.1. The first kappa shape index (κ1) is 22.7. The number of pyridine rings is 1. The molecule has 0 bridgehead atoms. The lowest BCUT2D eigenvalue weighted by Gasteiger charge is -2.35. The van der Waals surface area contributed by atoms with Crippen molar-refractivity contribution in [3.05, 3.63) is 52.2 Å². The lowest BCUT2D eigenvalue weighted by atomic mass is 10.0. The van der Waals surface area contributed by atoms with Gasteiger partial charge in [0, 0.05) is 45.5 Å². The monoisotopic (exact) mass is 456 g/mol. The van der Waals surface area contributed by atoms with E-state index in [0.29, 0.717) is 36.6 Å². The van der Waals surface area contributed by atoms with Gasteiger partial charge in [-0.3, -0.25) is 4.79 Å². The van der Waals surface area contributed by atoms with Crippen molar-refractivity contribution < 1.29 is 13.2 Å². The highest BCUT2D eigenvalue weighted by molar-refractivity contribution is 7.89. The maximum atomic E-state index is 13.5. The van der Waals surface area contributed by atoms with Gasteiger partial charge in [-0.1, -0.05) is 6.07 Å². The molecule has 0 saturated carbocycles. The van der Waals surface area contributed by atoms with Crippen molar-refractivity contribution in [3.63, 3.8) is 0 Å². The van der Waals surface area contributed by atoms with E-state index in [-0.39, 0.29) is 5.91 Å². The van der Waals surface area contributed by atoms with E-state index in [1.807, 2.05) is 39.8 Å². The van der Waals surface area contributed by atoms with E-state index >= 15 is 0 Å². The van der Waals surface area contributed by atoms with Crippen molar-refractivity contribution >= 4 is 21.7 Å². The number of carbonyl (C=O) groups excluding carboxylic acids is 1. The highest BCUT2D eigenvalue weighted by atomic mass is 32.2. The second-order valence-electron chi connectivity index (χ2n) is 8.85. The van der Waals surface area contributed by atoms with Gasteiger partial charge in [-0.2, -0.15) is 4.31 Å². The minimum absolute atomic E-state index is 0.0733. The standard InChI is InChI=1S/C24H32N4O3S/c1-17-16-18(2)20(4)22(19(17)3)32(30,31)28-14-12-27(13-15-28)24(29)21-8-7-9-25-23(21)26-10-5-6-11-26/h7-9,16H,5-6,10-15H2,1-4H3. The molecule has 0 atom stereocenters. The van der Waals surface area contributed by atoms with Gasteiger partial charge in [0.05, 0.1) is 10.5 Å². The molecule has 0 spiro atoms. The van der Waals surface area contributed by atoms with Crippen LogP contribution in [0.3, 0.4) is 0 Å². The lowest BCUT2D eigenvalue weighted by molar-refractivity contribution is 0.0698. The Morgan fingerprint density at radius 2 is 1.50 bits per heavy atom. The number of rotatable bonds is 4. The van der Waals surface area contributed by atoms with Gasteiger partial charge in [-0.25, -0.2) is 13.4 Å². The van der Waals surface area contributed by atoms with Crippen LogP contribution >= 0.6 is 0 Å². The molecule has 32 heavy (non-hydrogen) atoms. The van der Waals surface area contributed by atoms with Crippen molar-refractivity contribution in [2.75, 3.05) is 44.2 Å². The molecule has 2 aliphatic rings. The molecule has 0 unspecified atom stereocenters. The number of amides is 1. The van der Waals surface area contributed by atoms with E-state index in [1.54, 1.807) is 17.2 Å². The smallest absolute Gasteiger partial charge is 0.257 e. The van der Waals surface area contributed by atoms with Gasteiger partial charge in [0.15, 0.2) is 0 Å². The maximum absolute atomic E-state index is 13.5. The number of sulfonamides is 1. The third kappa shape index (κ3) is 4.01. The van der Waals surface area contributed by atoms with Gasteiger partial charge in [-0.15, -0.1) is 0 Å². The predicted octanol–water partition coefficient (Wildman–Crippen LogP) is 3.06.